The molecular weight excluding hydrogens is 264 g/mol. The minimum Gasteiger partial charge on any atom is -0.496 e. The van der Waals surface area contributed by atoms with E-state index in [1.807, 2.05) is 42.5 Å². The lowest BCUT2D eigenvalue weighted by molar-refractivity contribution is -0.0462. The monoisotopic (exact) mass is 284 g/mol. The van der Waals surface area contributed by atoms with Crippen molar-refractivity contribution in [1.82, 2.24) is 0 Å². The molecule has 0 amide bonds. The van der Waals surface area contributed by atoms with Crippen molar-refractivity contribution < 1.29 is 14.6 Å². The summed E-state index contributed by atoms with van der Waals surface area (Å²) in [5, 5.41) is 10.6. The molecule has 0 radical (unpaired) electrons. The van der Waals surface area contributed by atoms with Crippen LogP contribution in [0.15, 0.2) is 48.5 Å². The topological polar surface area (TPSA) is 38.7 Å². The van der Waals surface area contributed by atoms with E-state index in [2.05, 4.69) is 6.07 Å². The summed E-state index contributed by atoms with van der Waals surface area (Å²) in [5.74, 6) is 0.806. The largest absolute Gasteiger partial charge is 0.496 e. The lowest BCUT2D eigenvalue weighted by Crippen LogP contribution is -2.28. The van der Waals surface area contributed by atoms with Crippen molar-refractivity contribution in [2.75, 3.05) is 13.7 Å². The Morgan fingerprint density at radius 2 is 1.95 bits per heavy atom. The highest BCUT2D eigenvalue weighted by molar-refractivity contribution is 5.35. The van der Waals surface area contributed by atoms with Gasteiger partial charge in [-0.15, -0.1) is 0 Å². The average Bonchev–Trinajstić information content (AvgIpc) is 2.54. The second kappa shape index (κ2) is 6.29. The third-order valence-corrected chi connectivity index (χ3v) is 4.00. The van der Waals surface area contributed by atoms with Crippen LogP contribution in [0.25, 0.3) is 0 Å². The summed E-state index contributed by atoms with van der Waals surface area (Å²) in [6.07, 6.45) is 0.583. The number of rotatable bonds is 4. The van der Waals surface area contributed by atoms with Crippen molar-refractivity contribution in [3.05, 3.63) is 65.2 Å². The van der Waals surface area contributed by atoms with E-state index in [0.29, 0.717) is 13.0 Å². The second-order valence-electron chi connectivity index (χ2n) is 5.32. The normalized spacial score (nSPS) is 18.9. The van der Waals surface area contributed by atoms with Crippen LogP contribution in [0, 0.1) is 0 Å². The minimum absolute atomic E-state index is 0.264. The first-order valence-electron chi connectivity index (χ1n) is 7.29. The zero-order chi connectivity index (χ0) is 14.7. The van der Waals surface area contributed by atoms with Gasteiger partial charge in [0.15, 0.2) is 0 Å². The average molecular weight is 284 g/mol. The molecular formula is C18H20O3. The molecule has 0 saturated carbocycles. The molecule has 110 valence electrons. The third-order valence-electron chi connectivity index (χ3n) is 4.00. The Bertz CT molecular complexity index is 609. The molecule has 3 rings (SSSR count). The minimum atomic E-state index is -0.581. The number of benzene rings is 2. The fourth-order valence-corrected chi connectivity index (χ4v) is 2.95. The van der Waals surface area contributed by atoms with E-state index < -0.39 is 6.10 Å². The number of ether oxygens (including phenoxy) is 2. The van der Waals surface area contributed by atoms with Gasteiger partial charge >= 0.3 is 0 Å². The van der Waals surface area contributed by atoms with Crippen molar-refractivity contribution in [3.8, 4) is 5.75 Å². The predicted molar refractivity (Wildman–Crippen MR) is 81.5 cm³/mol. The van der Waals surface area contributed by atoms with Crippen LogP contribution >= 0.6 is 0 Å². The summed E-state index contributed by atoms with van der Waals surface area (Å²) in [4.78, 5) is 0. The molecule has 2 aromatic carbocycles. The van der Waals surface area contributed by atoms with E-state index >= 15 is 0 Å². The first kappa shape index (κ1) is 14.1. The van der Waals surface area contributed by atoms with Crippen molar-refractivity contribution in [3.63, 3.8) is 0 Å². The number of hydrogen-bond acceptors (Lipinski definition) is 3. The number of aliphatic hydroxyl groups is 1. The molecule has 1 N–H and O–H groups in total. The van der Waals surface area contributed by atoms with E-state index in [1.165, 1.54) is 5.56 Å². The van der Waals surface area contributed by atoms with Gasteiger partial charge in [-0.25, -0.2) is 0 Å². The lowest BCUT2D eigenvalue weighted by Gasteiger charge is -2.30. The maximum atomic E-state index is 10.6. The van der Waals surface area contributed by atoms with E-state index in [-0.39, 0.29) is 6.10 Å². The number of aliphatic hydroxyl groups excluding tert-OH is 1. The molecule has 0 fully saturated rings. The zero-order valence-corrected chi connectivity index (χ0v) is 12.2. The molecule has 2 atom stereocenters. The summed E-state index contributed by atoms with van der Waals surface area (Å²) in [6.45, 7) is 0.657. The van der Waals surface area contributed by atoms with Crippen molar-refractivity contribution in [1.29, 1.82) is 0 Å². The first-order chi connectivity index (χ1) is 10.3. The van der Waals surface area contributed by atoms with Gasteiger partial charge in [0.25, 0.3) is 0 Å². The fourth-order valence-electron chi connectivity index (χ4n) is 2.95. The van der Waals surface area contributed by atoms with E-state index in [0.717, 1.165) is 23.3 Å². The molecule has 2 aromatic rings. The van der Waals surface area contributed by atoms with Gasteiger partial charge in [-0.1, -0.05) is 42.5 Å². The van der Waals surface area contributed by atoms with Gasteiger partial charge in [-0.05, 0) is 29.2 Å². The molecule has 21 heavy (non-hydrogen) atoms. The Balaban J connectivity index is 1.82. The summed E-state index contributed by atoms with van der Waals surface area (Å²) < 4.78 is 11.2. The number of methoxy groups -OCH3 is 1. The summed E-state index contributed by atoms with van der Waals surface area (Å²) in [5.41, 5.74) is 3.37. The van der Waals surface area contributed by atoms with Gasteiger partial charge in [0.2, 0.25) is 0 Å². The maximum absolute atomic E-state index is 10.6. The Hall–Kier alpha value is -1.84. The van der Waals surface area contributed by atoms with Gasteiger partial charge < -0.3 is 14.6 Å². The molecule has 3 heteroatoms. The van der Waals surface area contributed by atoms with Crippen LogP contribution in [0.5, 0.6) is 5.75 Å². The smallest absolute Gasteiger partial charge is 0.122 e. The molecule has 0 aliphatic carbocycles. The Morgan fingerprint density at radius 3 is 2.81 bits per heavy atom. The van der Waals surface area contributed by atoms with Crippen molar-refractivity contribution in [2.45, 2.75) is 25.0 Å². The van der Waals surface area contributed by atoms with Gasteiger partial charge in [-0.3, -0.25) is 0 Å². The van der Waals surface area contributed by atoms with Crippen molar-refractivity contribution in [2.24, 2.45) is 0 Å². The molecule has 0 bridgehead atoms. The quantitative estimate of drug-likeness (QED) is 0.938. The van der Waals surface area contributed by atoms with Crippen LogP contribution in [0.1, 0.15) is 22.8 Å². The highest BCUT2D eigenvalue weighted by Crippen LogP contribution is 2.32. The highest BCUT2D eigenvalue weighted by atomic mass is 16.5. The number of fused-ring (bicyclic) bond motifs is 1. The SMILES string of the molecule is COc1ccccc1CC(O)C1OCCc2ccccc21. The molecule has 1 heterocycles. The molecule has 0 spiro atoms. The molecule has 1 aliphatic heterocycles. The molecule has 0 saturated heterocycles. The van der Waals surface area contributed by atoms with Crippen LogP contribution < -0.4 is 4.74 Å². The van der Waals surface area contributed by atoms with Crippen LogP contribution in [0.4, 0.5) is 0 Å². The van der Waals surface area contributed by atoms with E-state index in [9.17, 15) is 5.11 Å². The maximum Gasteiger partial charge on any atom is 0.122 e. The van der Waals surface area contributed by atoms with Crippen LogP contribution in [-0.4, -0.2) is 24.9 Å². The third kappa shape index (κ3) is 2.94. The van der Waals surface area contributed by atoms with Crippen LogP contribution in [0.2, 0.25) is 0 Å². The van der Waals surface area contributed by atoms with Gasteiger partial charge in [-0.2, -0.15) is 0 Å². The summed E-state index contributed by atoms with van der Waals surface area (Å²) in [7, 11) is 1.65. The van der Waals surface area contributed by atoms with Gasteiger partial charge in [0, 0.05) is 6.42 Å². The Morgan fingerprint density at radius 1 is 1.19 bits per heavy atom. The first-order valence-corrected chi connectivity index (χ1v) is 7.29. The van der Waals surface area contributed by atoms with Gasteiger partial charge in [0.1, 0.15) is 11.9 Å². The fraction of sp³-hybridized carbons (Fsp3) is 0.333. The predicted octanol–water partition coefficient (Wildman–Crippen LogP) is 2.91. The molecule has 1 aliphatic rings. The Labute approximate surface area is 125 Å². The lowest BCUT2D eigenvalue weighted by atomic mass is 9.91. The molecule has 0 aromatic heterocycles. The van der Waals surface area contributed by atoms with Crippen molar-refractivity contribution >= 4 is 0 Å². The highest BCUT2D eigenvalue weighted by Gasteiger charge is 2.28. The molecule has 2 unspecified atom stereocenters. The standard InChI is InChI=1S/C18H20O3/c1-20-17-9-5-3-7-14(17)12-16(19)18-15-8-4-2-6-13(15)10-11-21-18/h2-9,16,18-19H,10-12H2,1H3. The van der Waals surface area contributed by atoms with E-state index in [1.54, 1.807) is 7.11 Å². The zero-order valence-electron chi connectivity index (χ0n) is 12.2. The van der Waals surface area contributed by atoms with Gasteiger partial charge in [0.05, 0.1) is 19.8 Å². The van der Waals surface area contributed by atoms with Crippen LogP contribution in [-0.2, 0) is 17.6 Å². The second-order valence-corrected chi connectivity index (χ2v) is 5.32. The number of para-hydroxylation sites is 1. The summed E-state index contributed by atoms with van der Waals surface area (Å²) >= 11 is 0. The molecule has 3 nitrogen and oxygen atoms in total. The van der Waals surface area contributed by atoms with Crippen LogP contribution in [0.3, 0.4) is 0 Å². The Kier molecular flexibility index (Phi) is 4.23. The number of hydrogen-bond donors (Lipinski definition) is 1. The van der Waals surface area contributed by atoms with E-state index in [4.69, 9.17) is 9.47 Å². The summed E-state index contributed by atoms with van der Waals surface area (Å²) in [6, 6.07) is 16.0.